The lowest BCUT2D eigenvalue weighted by molar-refractivity contribution is 0.116. The Morgan fingerprint density at radius 2 is 1.61 bits per heavy atom. The van der Waals surface area contributed by atoms with Crippen molar-refractivity contribution >= 4 is 0 Å². The minimum Gasteiger partial charge on any atom is -0.387 e. The molecule has 2 heteroatoms. The molecule has 0 spiro atoms. The first-order valence-electron chi connectivity index (χ1n) is 7.08. The highest BCUT2D eigenvalue weighted by molar-refractivity contribution is 5.26. The highest BCUT2D eigenvalue weighted by Gasteiger charge is 2.12. The molecule has 1 atom stereocenters. The molecule has 1 unspecified atom stereocenters. The topological polar surface area (TPSA) is 23.5 Å². The lowest BCUT2D eigenvalue weighted by Crippen LogP contribution is -2.29. The van der Waals surface area contributed by atoms with Crippen LogP contribution in [0.15, 0.2) is 24.3 Å². The first-order chi connectivity index (χ1) is 8.58. The molecule has 0 heterocycles. The van der Waals surface area contributed by atoms with Crippen LogP contribution in [0.4, 0.5) is 0 Å². The lowest BCUT2D eigenvalue weighted by Gasteiger charge is -2.23. The van der Waals surface area contributed by atoms with Crippen LogP contribution in [-0.2, 0) is 0 Å². The molecule has 0 amide bonds. The summed E-state index contributed by atoms with van der Waals surface area (Å²) < 4.78 is 0. The van der Waals surface area contributed by atoms with Crippen LogP contribution in [0.2, 0.25) is 0 Å². The zero-order chi connectivity index (χ0) is 13.5. The van der Waals surface area contributed by atoms with Crippen molar-refractivity contribution in [2.24, 2.45) is 0 Å². The molecule has 0 aromatic heterocycles. The van der Waals surface area contributed by atoms with Gasteiger partial charge in [0.25, 0.3) is 0 Å². The van der Waals surface area contributed by atoms with Crippen LogP contribution < -0.4 is 0 Å². The fourth-order valence-electron chi connectivity index (χ4n) is 2.15. The van der Waals surface area contributed by atoms with E-state index in [0.717, 1.165) is 31.6 Å². The minimum absolute atomic E-state index is 0.377. The van der Waals surface area contributed by atoms with Crippen molar-refractivity contribution in [2.45, 2.75) is 46.1 Å². The van der Waals surface area contributed by atoms with Crippen LogP contribution in [0.3, 0.4) is 0 Å². The first kappa shape index (κ1) is 15.2. The summed E-state index contributed by atoms with van der Waals surface area (Å²) in [5.74, 6) is 0.545. The maximum Gasteiger partial charge on any atom is 0.0916 e. The average molecular weight is 249 g/mol. The zero-order valence-corrected chi connectivity index (χ0v) is 12.2. The Morgan fingerprint density at radius 1 is 1.06 bits per heavy atom. The van der Waals surface area contributed by atoms with E-state index in [0.29, 0.717) is 5.92 Å². The van der Waals surface area contributed by atoms with Crippen molar-refractivity contribution < 1.29 is 5.11 Å². The predicted molar refractivity (Wildman–Crippen MR) is 77.9 cm³/mol. The first-order valence-corrected chi connectivity index (χ1v) is 7.08. The van der Waals surface area contributed by atoms with E-state index >= 15 is 0 Å². The Morgan fingerprint density at radius 3 is 2.06 bits per heavy atom. The van der Waals surface area contributed by atoms with Crippen LogP contribution in [-0.4, -0.2) is 29.6 Å². The zero-order valence-electron chi connectivity index (χ0n) is 12.2. The van der Waals surface area contributed by atoms with Gasteiger partial charge in [-0.25, -0.2) is 0 Å². The second-order valence-corrected chi connectivity index (χ2v) is 5.23. The van der Waals surface area contributed by atoms with Gasteiger partial charge in [-0.2, -0.15) is 0 Å². The number of hydrogen-bond donors (Lipinski definition) is 1. The summed E-state index contributed by atoms with van der Waals surface area (Å²) in [4.78, 5) is 2.29. The summed E-state index contributed by atoms with van der Waals surface area (Å²) in [5, 5.41) is 10.2. The van der Waals surface area contributed by atoms with E-state index in [1.807, 2.05) is 0 Å². The molecule has 2 nitrogen and oxygen atoms in total. The number of nitrogens with zero attached hydrogens (tertiary/aromatic N) is 1. The molecular weight excluding hydrogens is 222 g/mol. The van der Waals surface area contributed by atoms with Crippen molar-refractivity contribution in [3.05, 3.63) is 35.4 Å². The second-order valence-electron chi connectivity index (χ2n) is 5.23. The summed E-state index contributed by atoms with van der Waals surface area (Å²) in [6.07, 6.45) is 0.755. The summed E-state index contributed by atoms with van der Waals surface area (Å²) in [6.45, 7) is 11.5. The summed E-state index contributed by atoms with van der Waals surface area (Å²) in [5.41, 5.74) is 2.35. The standard InChI is InChI=1S/C16H27NO/c1-5-11-17(6-2)12-16(18)15-9-7-14(8-10-15)13(3)4/h7-10,13,16,18H,5-6,11-12H2,1-4H3. The molecule has 1 aromatic rings. The Kier molecular flexibility index (Phi) is 6.37. The van der Waals surface area contributed by atoms with E-state index in [1.54, 1.807) is 0 Å². The van der Waals surface area contributed by atoms with Crippen molar-refractivity contribution in [1.82, 2.24) is 4.90 Å². The third-order valence-corrected chi connectivity index (χ3v) is 3.41. The monoisotopic (exact) mass is 249 g/mol. The molecule has 1 N–H and O–H groups in total. The highest BCUT2D eigenvalue weighted by atomic mass is 16.3. The molecule has 0 aliphatic heterocycles. The van der Waals surface area contributed by atoms with E-state index in [-0.39, 0.29) is 6.10 Å². The van der Waals surface area contributed by atoms with Gasteiger partial charge in [0.05, 0.1) is 6.10 Å². The molecule has 1 rings (SSSR count). The Bertz CT molecular complexity index is 331. The van der Waals surface area contributed by atoms with E-state index < -0.39 is 0 Å². The summed E-state index contributed by atoms with van der Waals surface area (Å²) in [6, 6.07) is 8.36. The fourth-order valence-corrected chi connectivity index (χ4v) is 2.15. The number of hydrogen-bond acceptors (Lipinski definition) is 2. The molecule has 18 heavy (non-hydrogen) atoms. The molecule has 0 saturated carbocycles. The third-order valence-electron chi connectivity index (χ3n) is 3.41. The molecule has 0 saturated heterocycles. The third kappa shape index (κ3) is 4.43. The molecule has 0 aliphatic carbocycles. The van der Waals surface area contributed by atoms with E-state index in [2.05, 4.69) is 56.9 Å². The number of benzene rings is 1. The summed E-state index contributed by atoms with van der Waals surface area (Å²) in [7, 11) is 0. The number of likely N-dealkylation sites (N-methyl/N-ethyl adjacent to an activating group) is 1. The normalized spacial score (nSPS) is 13.3. The van der Waals surface area contributed by atoms with Crippen molar-refractivity contribution in [3.63, 3.8) is 0 Å². The molecule has 0 bridgehead atoms. The highest BCUT2D eigenvalue weighted by Crippen LogP contribution is 2.19. The number of aliphatic hydroxyl groups is 1. The van der Waals surface area contributed by atoms with E-state index in [4.69, 9.17) is 0 Å². The second kappa shape index (κ2) is 7.55. The quantitative estimate of drug-likeness (QED) is 0.798. The molecule has 0 radical (unpaired) electrons. The maximum absolute atomic E-state index is 10.2. The largest absolute Gasteiger partial charge is 0.387 e. The van der Waals surface area contributed by atoms with Crippen molar-refractivity contribution in [1.29, 1.82) is 0 Å². The van der Waals surface area contributed by atoms with Gasteiger partial charge < -0.3 is 10.0 Å². The van der Waals surface area contributed by atoms with E-state index in [1.165, 1.54) is 5.56 Å². The Hall–Kier alpha value is -0.860. The molecule has 0 aliphatic rings. The van der Waals surface area contributed by atoms with Crippen LogP contribution in [0.25, 0.3) is 0 Å². The van der Waals surface area contributed by atoms with Gasteiger partial charge in [0.15, 0.2) is 0 Å². The van der Waals surface area contributed by atoms with Crippen molar-refractivity contribution in [2.75, 3.05) is 19.6 Å². The van der Waals surface area contributed by atoms with Crippen LogP contribution >= 0.6 is 0 Å². The lowest BCUT2D eigenvalue weighted by atomic mass is 10.00. The minimum atomic E-state index is -0.377. The number of rotatable bonds is 7. The van der Waals surface area contributed by atoms with Gasteiger partial charge in [-0.15, -0.1) is 0 Å². The molecule has 0 fully saturated rings. The van der Waals surface area contributed by atoms with E-state index in [9.17, 15) is 5.11 Å². The van der Waals surface area contributed by atoms with Crippen LogP contribution in [0.1, 0.15) is 57.3 Å². The smallest absolute Gasteiger partial charge is 0.0916 e. The fraction of sp³-hybridized carbons (Fsp3) is 0.625. The van der Waals surface area contributed by atoms with Gasteiger partial charge in [-0.1, -0.05) is 52.0 Å². The van der Waals surface area contributed by atoms with Crippen molar-refractivity contribution in [3.8, 4) is 0 Å². The SMILES string of the molecule is CCCN(CC)CC(O)c1ccc(C(C)C)cc1. The van der Waals surface area contributed by atoms with Crippen LogP contribution in [0.5, 0.6) is 0 Å². The Balaban J connectivity index is 2.63. The molecule has 102 valence electrons. The number of aliphatic hydroxyl groups excluding tert-OH is 1. The van der Waals surface area contributed by atoms with Gasteiger partial charge in [0.2, 0.25) is 0 Å². The molecular formula is C16H27NO. The predicted octanol–water partition coefficient (Wildman–Crippen LogP) is 3.58. The average Bonchev–Trinajstić information content (AvgIpc) is 2.38. The van der Waals surface area contributed by atoms with Gasteiger partial charge in [0.1, 0.15) is 0 Å². The molecule has 1 aromatic carbocycles. The van der Waals surface area contributed by atoms with Crippen LogP contribution in [0, 0.1) is 0 Å². The van der Waals surface area contributed by atoms with Gasteiger partial charge in [-0.05, 0) is 36.6 Å². The maximum atomic E-state index is 10.2. The van der Waals surface area contributed by atoms with Gasteiger partial charge in [0, 0.05) is 6.54 Å². The van der Waals surface area contributed by atoms with Gasteiger partial charge >= 0.3 is 0 Å². The Labute approximate surface area is 112 Å². The summed E-state index contributed by atoms with van der Waals surface area (Å²) >= 11 is 0. The van der Waals surface area contributed by atoms with Gasteiger partial charge in [-0.3, -0.25) is 0 Å².